The molecule has 150 valence electrons. The minimum Gasteiger partial charge on any atom is -0.368 e. The second-order valence-electron chi connectivity index (χ2n) is 6.74. The summed E-state index contributed by atoms with van der Waals surface area (Å²) in [5, 5.41) is 14.4. The third-order valence-corrected chi connectivity index (χ3v) is 4.43. The molecule has 3 amide bonds. The molecule has 0 bridgehead atoms. The first-order valence-corrected chi connectivity index (χ1v) is 9.31. The summed E-state index contributed by atoms with van der Waals surface area (Å²) in [6, 6.07) is 17.2. The number of nitriles is 1. The normalized spacial score (nSPS) is 12.3. The first kappa shape index (κ1) is 21.6. The van der Waals surface area contributed by atoms with E-state index in [2.05, 4.69) is 10.6 Å². The van der Waals surface area contributed by atoms with E-state index in [9.17, 15) is 14.4 Å². The van der Waals surface area contributed by atoms with Crippen LogP contribution >= 0.6 is 0 Å². The zero-order chi connectivity index (χ0) is 21.2. The largest absolute Gasteiger partial charge is 0.368 e. The Hall–Kier alpha value is -3.66. The number of nitrogens with one attached hydrogen (secondary N) is 2. The molecule has 0 aliphatic heterocycles. The Morgan fingerprint density at radius 3 is 2.28 bits per heavy atom. The van der Waals surface area contributed by atoms with Gasteiger partial charge in [-0.15, -0.1) is 0 Å². The molecule has 2 rings (SSSR count). The first-order valence-electron chi connectivity index (χ1n) is 9.31. The molecule has 0 heterocycles. The summed E-state index contributed by atoms with van der Waals surface area (Å²) in [5.41, 5.74) is 7.53. The Morgan fingerprint density at radius 1 is 1.00 bits per heavy atom. The minimum absolute atomic E-state index is 0.00158. The van der Waals surface area contributed by atoms with Crippen molar-refractivity contribution in [1.82, 2.24) is 10.6 Å². The van der Waals surface area contributed by atoms with Crippen molar-refractivity contribution in [2.45, 2.75) is 38.3 Å². The monoisotopic (exact) mass is 392 g/mol. The Bertz CT molecular complexity index is 906. The van der Waals surface area contributed by atoms with E-state index in [0.29, 0.717) is 11.1 Å². The fraction of sp³-hybridized carbons (Fsp3) is 0.273. The molecule has 29 heavy (non-hydrogen) atoms. The Morgan fingerprint density at radius 2 is 1.66 bits per heavy atom. The minimum atomic E-state index is -0.914. The number of benzene rings is 2. The van der Waals surface area contributed by atoms with Crippen LogP contribution in [0.5, 0.6) is 0 Å². The van der Waals surface area contributed by atoms with Crippen LogP contribution in [-0.2, 0) is 20.8 Å². The summed E-state index contributed by atoms with van der Waals surface area (Å²) in [5.74, 6) is -1.37. The zero-order valence-corrected chi connectivity index (χ0v) is 16.2. The van der Waals surface area contributed by atoms with Gasteiger partial charge in [0.1, 0.15) is 6.04 Å². The predicted octanol–water partition coefficient (Wildman–Crippen LogP) is 1.73. The molecule has 0 unspecified atom stereocenters. The summed E-state index contributed by atoms with van der Waals surface area (Å²) < 4.78 is 0. The Balaban J connectivity index is 1.84. The number of nitrogens with zero attached hydrogens (tertiary/aromatic N) is 1. The predicted molar refractivity (Wildman–Crippen MR) is 108 cm³/mol. The molecule has 0 aromatic heterocycles. The lowest BCUT2D eigenvalue weighted by Crippen LogP contribution is -2.46. The maximum Gasteiger partial charge on any atom is 0.240 e. The van der Waals surface area contributed by atoms with Crippen molar-refractivity contribution < 1.29 is 14.4 Å². The maximum atomic E-state index is 12.2. The molecular weight excluding hydrogens is 368 g/mol. The molecule has 0 fully saturated rings. The highest BCUT2D eigenvalue weighted by Gasteiger charge is 2.19. The van der Waals surface area contributed by atoms with Gasteiger partial charge in [0.15, 0.2) is 0 Å². The van der Waals surface area contributed by atoms with Crippen LogP contribution in [0.4, 0.5) is 0 Å². The molecule has 0 radical (unpaired) electrons. The fourth-order valence-corrected chi connectivity index (χ4v) is 2.86. The van der Waals surface area contributed by atoms with Crippen LogP contribution in [-0.4, -0.2) is 23.8 Å². The van der Waals surface area contributed by atoms with Crippen LogP contribution in [0.15, 0.2) is 54.6 Å². The van der Waals surface area contributed by atoms with Crippen LogP contribution in [0.3, 0.4) is 0 Å². The van der Waals surface area contributed by atoms with E-state index in [4.69, 9.17) is 11.0 Å². The lowest BCUT2D eigenvalue weighted by atomic mass is 10.0. The Kier molecular flexibility index (Phi) is 7.92. The second-order valence-corrected chi connectivity index (χ2v) is 6.74. The van der Waals surface area contributed by atoms with Crippen molar-refractivity contribution in [2.75, 3.05) is 0 Å². The molecule has 0 aliphatic rings. The number of hydrogen-bond donors (Lipinski definition) is 3. The van der Waals surface area contributed by atoms with Crippen molar-refractivity contribution >= 4 is 17.7 Å². The number of amides is 3. The summed E-state index contributed by atoms with van der Waals surface area (Å²) in [4.78, 5) is 36.0. The molecule has 0 saturated heterocycles. The molecule has 7 nitrogen and oxygen atoms in total. The van der Waals surface area contributed by atoms with E-state index < -0.39 is 17.9 Å². The third-order valence-electron chi connectivity index (χ3n) is 4.43. The van der Waals surface area contributed by atoms with Gasteiger partial charge in [-0.2, -0.15) is 5.26 Å². The molecule has 4 N–H and O–H groups in total. The van der Waals surface area contributed by atoms with Gasteiger partial charge in [-0.3, -0.25) is 14.4 Å². The van der Waals surface area contributed by atoms with E-state index in [1.54, 1.807) is 24.3 Å². The van der Waals surface area contributed by atoms with Gasteiger partial charge >= 0.3 is 0 Å². The highest BCUT2D eigenvalue weighted by Crippen LogP contribution is 2.11. The highest BCUT2D eigenvalue weighted by molar-refractivity contribution is 5.88. The van der Waals surface area contributed by atoms with Crippen LogP contribution in [0.1, 0.15) is 42.5 Å². The van der Waals surface area contributed by atoms with Crippen LogP contribution < -0.4 is 16.4 Å². The van der Waals surface area contributed by atoms with Gasteiger partial charge in [-0.1, -0.05) is 42.5 Å². The van der Waals surface area contributed by atoms with E-state index in [0.717, 1.165) is 5.56 Å². The number of carbonyl (C=O) groups is 3. The third kappa shape index (κ3) is 7.11. The molecule has 2 aromatic rings. The van der Waals surface area contributed by atoms with Gasteiger partial charge < -0.3 is 16.4 Å². The van der Waals surface area contributed by atoms with Crippen LogP contribution in [0.25, 0.3) is 0 Å². The summed E-state index contributed by atoms with van der Waals surface area (Å²) in [7, 11) is 0. The molecule has 2 atom stereocenters. The molecular formula is C22H24N4O3. The van der Waals surface area contributed by atoms with E-state index in [-0.39, 0.29) is 31.2 Å². The van der Waals surface area contributed by atoms with E-state index in [1.807, 2.05) is 43.3 Å². The topological polar surface area (TPSA) is 125 Å². The van der Waals surface area contributed by atoms with Crippen molar-refractivity contribution in [3.05, 3.63) is 71.3 Å². The van der Waals surface area contributed by atoms with Crippen LogP contribution in [0.2, 0.25) is 0 Å². The molecule has 7 heteroatoms. The maximum absolute atomic E-state index is 12.2. The lowest BCUT2D eigenvalue weighted by molar-refractivity contribution is -0.129. The lowest BCUT2D eigenvalue weighted by Gasteiger charge is -2.17. The van der Waals surface area contributed by atoms with Gasteiger partial charge in [-0.25, -0.2) is 0 Å². The van der Waals surface area contributed by atoms with Gasteiger partial charge in [0.2, 0.25) is 17.7 Å². The van der Waals surface area contributed by atoms with Crippen LogP contribution in [0, 0.1) is 11.3 Å². The van der Waals surface area contributed by atoms with Gasteiger partial charge in [-0.05, 0) is 30.2 Å². The van der Waals surface area contributed by atoms with Crippen molar-refractivity contribution in [3.63, 3.8) is 0 Å². The van der Waals surface area contributed by atoms with Gasteiger partial charge in [0.05, 0.1) is 17.7 Å². The molecule has 0 aliphatic carbocycles. The van der Waals surface area contributed by atoms with E-state index in [1.165, 1.54) is 0 Å². The zero-order valence-electron chi connectivity index (χ0n) is 16.2. The van der Waals surface area contributed by atoms with Gasteiger partial charge in [0.25, 0.3) is 0 Å². The first-order chi connectivity index (χ1) is 13.9. The fourth-order valence-electron chi connectivity index (χ4n) is 2.86. The average Bonchev–Trinajstić information content (AvgIpc) is 2.72. The standard InChI is InChI=1S/C22H24N4O3/c1-15(18-8-3-2-4-9-18)25-20(27)10-11-21(28)26-19(22(24)29)13-16-6-5-7-17(12-16)14-23/h2-9,12,15,19H,10-11,13H2,1H3,(H2,24,29)(H,25,27)(H,26,28)/t15-,19-/m1/s1. The highest BCUT2D eigenvalue weighted by atomic mass is 16.2. The smallest absolute Gasteiger partial charge is 0.240 e. The van der Waals surface area contributed by atoms with Crippen molar-refractivity contribution in [3.8, 4) is 6.07 Å². The number of nitrogens with two attached hydrogens (primary N) is 1. The van der Waals surface area contributed by atoms with E-state index >= 15 is 0 Å². The Labute approximate surface area is 169 Å². The van der Waals surface area contributed by atoms with Crippen molar-refractivity contribution in [1.29, 1.82) is 5.26 Å². The number of primary amides is 1. The quantitative estimate of drug-likeness (QED) is 0.601. The summed E-state index contributed by atoms with van der Waals surface area (Å²) in [6.07, 6.45) is 0.113. The molecule has 0 spiro atoms. The molecule has 0 saturated carbocycles. The average molecular weight is 392 g/mol. The summed E-state index contributed by atoms with van der Waals surface area (Å²) >= 11 is 0. The second kappa shape index (κ2) is 10.6. The summed E-state index contributed by atoms with van der Waals surface area (Å²) in [6.45, 7) is 1.87. The number of hydrogen-bond acceptors (Lipinski definition) is 4. The SMILES string of the molecule is C[C@@H](NC(=O)CCC(=O)N[C@H](Cc1cccc(C#N)c1)C(N)=O)c1ccccc1. The van der Waals surface area contributed by atoms with Crippen molar-refractivity contribution in [2.24, 2.45) is 5.73 Å². The molecule has 2 aromatic carbocycles. The van der Waals surface area contributed by atoms with Gasteiger partial charge in [0, 0.05) is 19.3 Å². The number of rotatable bonds is 9. The number of carbonyl (C=O) groups excluding carboxylic acids is 3.